The first-order chi connectivity index (χ1) is 13.8. The number of amides is 1. The largest absolute Gasteiger partial charge is 0.427 e. The maximum atomic E-state index is 13.2. The quantitative estimate of drug-likeness (QED) is 0.573. The zero-order valence-corrected chi connectivity index (χ0v) is 16.2. The smallest absolute Gasteiger partial charge is 0.308 e. The van der Waals surface area contributed by atoms with Gasteiger partial charge in [0.15, 0.2) is 5.78 Å². The molecule has 0 unspecified atom stereocenters. The number of hydrogen-bond donors (Lipinski definition) is 0. The molecule has 29 heavy (non-hydrogen) atoms. The van der Waals surface area contributed by atoms with Crippen LogP contribution in [-0.4, -0.2) is 23.6 Å². The number of Topliss-reactive ketones (excluding diaryl/α,β-unsaturated/α-hetero) is 1. The van der Waals surface area contributed by atoms with Crippen LogP contribution < -0.4 is 9.64 Å². The lowest BCUT2D eigenvalue weighted by Crippen LogP contribution is -2.31. The van der Waals surface area contributed by atoms with Crippen LogP contribution in [-0.2, 0) is 23.9 Å². The summed E-state index contributed by atoms with van der Waals surface area (Å²) in [7, 11) is 0. The lowest BCUT2D eigenvalue weighted by atomic mass is 9.96. The number of esters is 2. The van der Waals surface area contributed by atoms with Crippen LogP contribution in [0.3, 0.4) is 0 Å². The van der Waals surface area contributed by atoms with Gasteiger partial charge in [-0.1, -0.05) is 30.3 Å². The highest BCUT2D eigenvalue weighted by molar-refractivity contribution is 6.17. The predicted octanol–water partition coefficient (Wildman–Crippen LogP) is 3.11. The SMILES string of the molecule is CC(=O)OC1=C(C(C)=O)[C@@H](c2ccccc2)N(c2ccc(OC(C)=O)cc2)C1=O. The zero-order chi connectivity index (χ0) is 21.1. The van der Waals surface area contributed by atoms with Gasteiger partial charge in [-0.2, -0.15) is 0 Å². The highest BCUT2D eigenvalue weighted by atomic mass is 16.5. The number of rotatable bonds is 5. The van der Waals surface area contributed by atoms with E-state index in [1.165, 1.54) is 25.7 Å². The fourth-order valence-electron chi connectivity index (χ4n) is 3.25. The van der Waals surface area contributed by atoms with Crippen LogP contribution in [0.1, 0.15) is 32.4 Å². The lowest BCUT2D eigenvalue weighted by molar-refractivity contribution is -0.140. The van der Waals surface area contributed by atoms with Crippen LogP contribution in [0.4, 0.5) is 5.69 Å². The molecule has 7 heteroatoms. The van der Waals surface area contributed by atoms with Crippen molar-refractivity contribution in [1.29, 1.82) is 0 Å². The summed E-state index contributed by atoms with van der Waals surface area (Å²) in [5.41, 5.74) is 1.26. The molecule has 0 bridgehead atoms. The van der Waals surface area contributed by atoms with Crippen molar-refractivity contribution in [3.8, 4) is 5.75 Å². The fourth-order valence-corrected chi connectivity index (χ4v) is 3.25. The molecule has 7 nitrogen and oxygen atoms in total. The number of carbonyl (C=O) groups is 4. The van der Waals surface area contributed by atoms with Crippen LogP contribution in [0.25, 0.3) is 0 Å². The second-order valence-electron chi connectivity index (χ2n) is 6.47. The van der Waals surface area contributed by atoms with E-state index in [2.05, 4.69) is 0 Å². The van der Waals surface area contributed by atoms with Crippen LogP contribution in [0.5, 0.6) is 5.75 Å². The van der Waals surface area contributed by atoms with Gasteiger partial charge in [0.2, 0.25) is 5.76 Å². The van der Waals surface area contributed by atoms with Gasteiger partial charge in [-0.3, -0.25) is 24.1 Å². The minimum absolute atomic E-state index is 0.112. The maximum Gasteiger partial charge on any atom is 0.308 e. The first-order valence-electron chi connectivity index (χ1n) is 8.90. The van der Waals surface area contributed by atoms with Crippen molar-refractivity contribution < 1.29 is 28.7 Å². The summed E-state index contributed by atoms with van der Waals surface area (Å²) < 4.78 is 10.2. The number of nitrogens with zero attached hydrogens (tertiary/aromatic N) is 1. The van der Waals surface area contributed by atoms with E-state index in [1.807, 2.05) is 6.07 Å². The number of hydrogen-bond acceptors (Lipinski definition) is 6. The highest BCUT2D eigenvalue weighted by Gasteiger charge is 2.44. The Morgan fingerprint density at radius 2 is 1.41 bits per heavy atom. The molecule has 0 saturated carbocycles. The van der Waals surface area contributed by atoms with Gasteiger partial charge in [-0.25, -0.2) is 0 Å². The summed E-state index contributed by atoms with van der Waals surface area (Å²) in [4.78, 5) is 49.7. The first-order valence-corrected chi connectivity index (χ1v) is 8.90. The van der Waals surface area contributed by atoms with Crippen LogP contribution in [0, 0.1) is 0 Å². The molecule has 2 aromatic rings. The maximum absolute atomic E-state index is 13.2. The molecule has 1 aliphatic rings. The van der Waals surface area contributed by atoms with Gasteiger partial charge >= 0.3 is 11.9 Å². The third kappa shape index (κ3) is 4.08. The van der Waals surface area contributed by atoms with Gasteiger partial charge in [0.05, 0.1) is 11.6 Å². The molecule has 0 fully saturated rings. The Hall–Kier alpha value is -3.74. The molecule has 2 aromatic carbocycles. The van der Waals surface area contributed by atoms with E-state index in [-0.39, 0.29) is 17.1 Å². The number of benzene rings is 2. The minimum atomic E-state index is -0.755. The topological polar surface area (TPSA) is 90.0 Å². The van der Waals surface area contributed by atoms with Crippen molar-refractivity contribution in [3.05, 3.63) is 71.5 Å². The summed E-state index contributed by atoms with van der Waals surface area (Å²) >= 11 is 0. The third-order valence-electron chi connectivity index (χ3n) is 4.31. The average Bonchev–Trinajstić information content (AvgIpc) is 2.95. The summed E-state index contributed by atoms with van der Waals surface area (Å²) in [6.45, 7) is 3.79. The molecule has 1 atom stereocenters. The van der Waals surface area contributed by atoms with Crippen LogP contribution in [0.2, 0.25) is 0 Å². The average molecular weight is 393 g/mol. The van der Waals surface area contributed by atoms with Crippen molar-refractivity contribution in [2.75, 3.05) is 4.90 Å². The van der Waals surface area contributed by atoms with Gasteiger partial charge in [-0.15, -0.1) is 0 Å². The summed E-state index contributed by atoms with van der Waals surface area (Å²) in [5, 5.41) is 0. The molecule has 3 rings (SSSR count). The molecule has 1 heterocycles. The molecule has 148 valence electrons. The first kappa shape index (κ1) is 20.0. The van der Waals surface area contributed by atoms with E-state index < -0.39 is 23.9 Å². The van der Waals surface area contributed by atoms with Gasteiger partial charge in [-0.05, 0) is 36.8 Å². The van der Waals surface area contributed by atoms with E-state index >= 15 is 0 Å². The van der Waals surface area contributed by atoms with Crippen LogP contribution >= 0.6 is 0 Å². The minimum Gasteiger partial charge on any atom is -0.427 e. The number of carbonyl (C=O) groups excluding carboxylic acids is 4. The summed E-state index contributed by atoms with van der Waals surface area (Å²) in [6, 6.07) is 14.5. The van der Waals surface area contributed by atoms with E-state index in [9.17, 15) is 19.2 Å². The summed E-state index contributed by atoms with van der Waals surface area (Å²) in [6.07, 6.45) is 0. The Kier molecular flexibility index (Phi) is 5.59. The molecule has 0 radical (unpaired) electrons. The Labute approximate surface area is 167 Å². The Balaban J connectivity index is 2.12. The van der Waals surface area contributed by atoms with E-state index in [1.54, 1.807) is 48.5 Å². The zero-order valence-electron chi connectivity index (χ0n) is 16.2. The monoisotopic (exact) mass is 393 g/mol. The van der Waals surface area contributed by atoms with E-state index in [0.29, 0.717) is 17.0 Å². The third-order valence-corrected chi connectivity index (χ3v) is 4.31. The normalized spacial score (nSPS) is 16.0. The highest BCUT2D eigenvalue weighted by Crippen LogP contribution is 2.42. The van der Waals surface area contributed by atoms with Crippen molar-refractivity contribution in [2.45, 2.75) is 26.8 Å². The van der Waals surface area contributed by atoms with Crippen molar-refractivity contribution >= 4 is 29.3 Å². The number of ketones is 1. The van der Waals surface area contributed by atoms with E-state index in [4.69, 9.17) is 9.47 Å². The van der Waals surface area contributed by atoms with Crippen LogP contribution in [0.15, 0.2) is 65.9 Å². The Morgan fingerprint density at radius 3 is 1.93 bits per heavy atom. The molecule has 0 aromatic heterocycles. The van der Waals surface area contributed by atoms with Gasteiger partial charge in [0, 0.05) is 19.5 Å². The predicted molar refractivity (Wildman–Crippen MR) is 104 cm³/mol. The Morgan fingerprint density at radius 1 is 0.828 bits per heavy atom. The molecule has 0 saturated heterocycles. The second-order valence-corrected chi connectivity index (χ2v) is 6.47. The van der Waals surface area contributed by atoms with Crippen molar-refractivity contribution in [2.24, 2.45) is 0 Å². The Bertz CT molecular complexity index is 1010. The standard InChI is InChI=1S/C22H19NO6/c1-13(24)19-20(16-7-5-4-6-8-16)23(22(27)21(19)29-15(3)26)17-9-11-18(12-10-17)28-14(2)25/h4-12,20H,1-3H3/t20-/m1/s1. The number of anilines is 1. The van der Waals surface area contributed by atoms with Gasteiger partial charge in [0.25, 0.3) is 5.91 Å². The van der Waals surface area contributed by atoms with E-state index in [0.717, 1.165) is 0 Å². The molecule has 0 spiro atoms. The van der Waals surface area contributed by atoms with Gasteiger partial charge < -0.3 is 9.47 Å². The van der Waals surface area contributed by atoms with Crippen molar-refractivity contribution in [1.82, 2.24) is 0 Å². The molecule has 1 amide bonds. The number of ether oxygens (including phenoxy) is 2. The van der Waals surface area contributed by atoms with Crippen molar-refractivity contribution in [3.63, 3.8) is 0 Å². The summed E-state index contributed by atoms with van der Waals surface area (Å²) in [5.74, 6) is -2.07. The molecule has 0 aliphatic carbocycles. The molecular formula is C22H19NO6. The second kappa shape index (κ2) is 8.10. The van der Waals surface area contributed by atoms with Gasteiger partial charge in [0.1, 0.15) is 5.75 Å². The fraction of sp³-hybridized carbons (Fsp3) is 0.182. The lowest BCUT2D eigenvalue weighted by Gasteiger charge is -2.26. The molecule has 1 aliphatic heterocycles. The molecule has 0 N–H and O–H groups in total. The molecular weight excluding hydrogens is 374 g/mol.